The highest BCUT2D eigenvalue weighted by Crippen LogP contribution is 2.35. The second kappa shape index (κ2) is 5.83. The number of aromatic nitrogens is 4. The van der Waals surface area contributed by atoms with Gasteiger partial charge in [-0.3, -0.25) is 0 Å². The van der Waals surface area contributed by atoms with Crippen LogP contribution >= 0.6 is 11.8 Å². The van der Waals surface area contributed by atoms with Crippen molar-refractivity contribution < 1.29 is 4.74 Å². The lowest BCUT2D eigenvalue weighted by Crippen LogP contribution is -2.04. The molecule has 0 N–H and O–H groups in total. The first-order valence-corrected chi connectivity index (χ1v) is 7.76. The normalized spacial score (nSPS) is 15.7. The first-order valence-electron chi connectivity index (χ1n) is 6.88. The minimum atomic E-state index is 0.635. The Morgan fingerprint density at radius 1 is 1.30 bits per heavy atom. The van der Waals surface area contributed by atoms with Crippen molar-refractivity contribution in [2.45, 2.75) is 43.0 Å². The zero-order valence-electron chi connectivity index (χ0n) is 11.7. The topological polar surface area (TPSA) is 52.8 Å². The van der Waals surface area contributed by atoms with Crippen LogP contribution in [-0.2, 0) is 0 Å². The van der Waals surface area contributed by atoms with E-state index >= 15 is 0 Å². The Kier molecular flexibility index (Phi) is 3.91. The molecule has 0 atom stereocenters. The second-order valence-electron chi connectivity index (χ2n) is 5.07. The molecule has 0 spiro atoms. The van der Waals surface area contributed by atoms with E-state index in [1.165, 1.54) is 25.7 Å². The van der Waals surface area contributed by atoms with Crippen molar-refractivity contribution >= 4 is 11.8 Å². The molecule has 3 rings (SSSR count). The lowest BCUT2D eigenvalue weighted by molar-refractivity contribution is 0.410. The van der Waals surface area contributed by atoms with Crippen LogP contribution in [0, 0.1) is 6.92 Å². The minimum absolute atomic E-state index is 0.635. The number of benzene rings is 1. The molecule has 1 aromatic carbocycles. The SMILES string of the molecule is COc1ccc(C)cc1-n1nnnc1SC1CCCC1. The molecule has 0 amide bonds. The third-order valence-corrected chi connectivity index (χ3v) is 4.85. The number of hydrogen-bond donors (Lipinski definition) is 0. The van der Waals surface area contributed by atoms with Crippen molar-refractivity contribution in [2.24, 2.45) is 0 Å². The lowest BCUT2D eigenvalue weighted by atomic mass is 10.2. The third kappa shape index (κ3) is 2.65. The summed E-state index contributed by atoms with van der Waals surface area (Å²) in [6.45, 7) is 2.05. The molecular formula is C14H18N4OS. The molecule has 1 aromatic heterocycles. The van der Waals surface area contributed by atoms with E-state index in [-0.39, 0.29) is 0 Å². The Morgan fingerprint density at radius 2 is 2.10 bits per heavy atom. The molecule has 1 heterocycles. The second-order valence-corrected chi connectivity index (χ2v) is 6.34. The van der Waals surface area contributed by atoms with Crippen molar-refractivity contribution in [3.8, 4) is 11.4 Å². The molecule has 1 aliphatic carbocycles. The summed E-state index contributed by atoms with van der Waals surface area (Å²) in [6, 6.07) is 6.03. The summed E-state index contributed by atoms with van der Waals surface area (Å²) in [7, 11) is 1.67. The van der Waals surface area contributed by atoms with Crippen molar-refractivity contribution in [3.63, 3.8) is 0 Å². The monoisotopic (exact) mass is 290 g/mol. The van der Waals surface area contributed by atoms with E-state index in [1.54, 1.807) is 23.6 Å². The molecule has 6 heteroatoms. The van der Waals surface area contributed by atoms with E-state index in [2.05, 4.69) is 22.4 Å². The van der Waals surface area contributed by atoms with Gasteiger partial charge in [0.15, 0.2) is 0 Å². The third-order valence-electron chi connectivity index (χ3n) is 3.58. The molecule has 0 saturated heterocycles. The average Bonchev–Trinajstić information content (AvgIpc) is 3.11. The predicted molar refractivity (Wildman–Crippen MR) is 78.6 cm³/mol. The largest absolute Gasteiger partial charge is 0.494 e. The number of ether oxygens (including phenoxy) is 1. The first kappa shape index (κ1) is 13.4. The molecule has 1 fully saturated rings. The highest BCUT2D eigenvalue weighted by molar-refractivity contribution is 7.99. The highest BCUT2D eigenvalue weighted by Gasteiger charge is 2.21. The summed E-state index contributed by atoms with van der Waals surface area (Å²) in [6.07, 6.45) is 5.13. The molecule has 5 nitrogen and oxygen atoms in total. The van der Waals surface area contributed by atoms with E-state index in [0.29, 0.717) is 5.25 Å². The van der Waals surface area contributed by atoms with Crippen molar-refractivity contribution in [3.05, 3.63) is 23.8 Å². The molecule has 1 aliphatic rings. The molecule has 0 aliphatic heterocycles. The number of nitrogens with zero attached hydrogens (tertiary/aromatic N) is 4. The van der Waals surface area contributed by atoms with Crippen LogP contribution in [0.1, 0.15) is 31.2 Å². The van der Waals surface area contributed by atoms with Gasteiger partial charge in [0, 0.05) is 5.25 Å². The summed E-state index contributed by atoms with van der Waals surface area (Å²) < 4.78 is 7.21. The number of rotatable bonds is 4. The standard InChI is InChI=1S/C14H18N4OS/c1-10-7-8-13(19-2)12(9-10)18-14(15-16-17-18)20-11-5-3-4-6-11/h7-9,11H,3-6H2,1-2H3. The van der Waals surface area contributed by atoms with Gasteiger partial charge in [-0.15, -0.1) is 5.10 Å². The number of tetrazole rings is 1. The molecule has 2 aromatic rings. The lowest BCUT2D eigenvalue weighted by Gasteiger charge is -2.12. The zero-order chi connectivity index (χ0) is 13.9. The van der Waals surface area contributed by atoms with Crippen LogP contribution in [0.25, 0.3) is 5.69 Å². The van der Waals surface area contributed by atoms with Gasteiger partial charge < -0.3 is 4.74 Å². The van der Waals surface area contributed by atoms with Crippen LogP contribution in [0.15, 0.2) is 23.4 Å². The van der Waals surface area contributed by atoms with Crippen molar-refractivity contribution in [1.29, 1.82) is 0 Å². The molecular weight excluding hydrogens is 272 g/mol. The first-order chi connectivity index (χ1) is 9.78. The van der Waals surface area contributed by atoms with Crippen molar-refractivity contribution in [1.82, 2.24) is 20.2 Å². The van der Waals surface area contributed by atoms with Gasteiger partial charge in [0.25, 0.3) is 0 Å². The molecule has 1 saturated carbocycles. The smallest absolute Gasteiger partial charge is 0.214 e. The van der Waals surface area contributed by atoms with Gasteiger partial charge >= 0.3 is 0 Å². The van der Waals surface area contributed by atoms with E-state index in [4.69, 9.17) is 4.74 Å². The number of hydrogen-bond acceptors (Lipinski definition) is 5. The van der Waals surface area contributed by atoms with E-state index in [9.17, 15) is 0 Å². The van der Waals surface area contributed by atoms with Crippen LogP contribution in [-0.4, -0.2) is 32.6 Å². The highest BCUT2D eigenvalue weighted by atomic mass is 32.2. The summed E-state index contributed by atoms with van der Waals surface area (Å²) >= 11 is 1.78. The van der Waals surface area contributed by atoms with Crippen LogP contribution in [0.2, 0.25) is 0 Å². The Balaban J connectivity index is 1.94. The average molecular weight is 290 g/mol. The number of thioether (sulfide) groups is 1. The fraction of sp³-hybridized carbons (Fsp3) is 0.500. The Labute approximate surface area is 122 Å². The number of methoxy groups -OCH3 is 1. The van der Waals surface area contributed by atoms with E-state index < -0.39 is 0 Å². The van der Waals surface area contributed by atoms with Gasteiger partial charge in [-0.05, 0) is 47.9 Å². The Morgan fingerprint density at radius 3 is 2.85 bits per heavy atom. The molecule has 0 unspecified atom stereocenters. The summed E-state index contributed by atoms with van der Waals surface area (Å²) in [4.78, 5) is 0. The maximum atomic E-state index is 5.42. The maximum Gasteiger partial charge on any atom is 0.214 e. The van der Waals surface area contributed by atoms with Crippen LogP contribution < -0.4 is 4.74 Å². The van der Waals surface area contributed by atoms with Gasteiger partial charge in [0.1, 0.15) is 11.4 Å². The molecule has 106 valence electrons. The minimum Gasteiger partial charge on any atom is -0.494 e. The fourth-order valence-corrected chi connectivity index (χ4v) is 3.71. The quantitative estimate of drug-likeness (QED) is 0.866. The van der Waals surface area contributed by atoms with Crippen LogP contribution in [0.5, 0.6) is 5.75 Å². The predicted octanol–water partition coefficient (Wildman–Crippen LogP) is 3.01. The van der Waals surface area contributed by atoms with Gasteiger partial charge in [0.2, 0.25) is 5.16 Å². The Bertz CT molecular complexity index is 593. The maximum absolute atomic E-state index is 5.42. The zero-order valence-corrected chi connectivity index (χ0v) is 12.6. The molecule has 0 bridgehead atoms. The van der Waals surface area contributed by atoms with Gasteiger partial charge in [-0.25, -0.2) is 0 Å². The van der Waals surface area contributed by atoms with E-state index in [0.717, 1.165) is 22.2 Å². The fourth-order valence-electron chi connectivity index (χ4n) is 2.52. The van der Waals surface area contributed by atoms with E-state index in [1.807, 2.05) is 18.2 Å². The van der Waals surface area contributed by atoms with Crippen LogP contribution in [0.3, 0.4) is 0 Å². The molecule has 20 heavy (non-hydrogen) atoms. The van der Waals surface area contributed by atoms with Gasteiger partial charge in [-0.2, -0.15) is 4.68 Å². The summed E-state index contributed by atoms with van der Waals surface area (Å²) in [5.41, 5.74) is 2.06. The van der Waals surface area contributed by atoms with Gasteiger partial charge in [0.05, 0.1) is 7.11 Å². The van der Waals surface area contributed by atoms with Crippen LogP contribution in [0.4, 0.5) is 0 Å². The summed E-state index contributed by atoms with van der Waals surface area (Å²) in [5.74, 6) is 0.788. The summed E-state index contributed by atoms with van der Waals surface area (Å²) in [5, 5.41) is 13.6. The Hall–Kier alpha value is -1.56. The number of aryl methyl sites for hydroxylation is 1. The van der Waals surface area contributed by atoms with Gasteiger partial charge in [-0.1, -0.05) is 30.7 Å². The van der Waals surface area contributed by atoms with Crippen molar-refractivity contribution in [2.75, 3.05) is 7.11 Å². The molecule has 0 radical (unpaired) electrons.